The number of aryl methyl sites for hydroxylation is 1. The molecule has 2 heterocycles. The summed E-state index contributed by atoms with van der Waals surface area (Å²) in [6.07, 6.45) is 7.33. The smallest absolute Gasteiger partial charge is 0.254 e. The summed E-state index contributed by atoms with van der Waals surface area (Å²) in [6, 6.07) is 11.4. The third-order valence-electron chi connectivity index (χ3n) is 4.21. The molecule has 0 fully saturated rings. The van der Waals surface area contributed by atoms with Crippen LogP contribution in [-0.4, -0.2) is 26.9 Å². The monoisotopic (exact) mass is 337 g/mol. The average Bonchev–Trinajstić information content (AvgIpc) is 3.29. The molecule has 0 aliphatic rings. The first-order chi connectivity index (χ1) is 12.2. The number of unbranched alkanes of at least 4 members (excludes halogenated alkanes) is 1. The zero-order chi connectivity index (χ0) is 17.6. The van der Waals surface area contributed by atoms with E-state index in [0.717, 1.165) is 36.5 Å². The number of nitrogens with zero attached hydrogens (tertiary/aromatic N) is 3. The van der Waals surface area contributed by atoms with E-state index in [1.807, 2.05) is 59.1 Å². The Morgan fingerprint density at radius 2 is 2.04 bits per heavy atom. The quantitative estimate of drug-likeness (QED) is 0.651. The third kappa shape index (κ3) is 3.99. The summed E-state index contributed by atoms with van der Waals surface area (Å²) in [7, 11) is 1.96. The summed E-state index contributed by atoms with van der Waals surface area (Å²) >= 11 is 0. The molecule has 1 aromatic carbocycles. The first-order valence-electron chi connectivity index (χ1n) is 8.58. The number of furan rings is 1. The third-order valence-corrected chi connectivity index (χ3v) is 4.21. The van der Waals surface area contributed by atoms with Crippen molar-refractivity contribution >= 4 is 5.91 Å². The van der Waals surface area contributed by atoms with Crippen LogP contribution in [0.4, 0.5) is 0 Å². The van der Waals surface area contributed by atoms with Crippen LogP contribution < -0.4 is 0 Å². The van der Waals surface area contributed by atoms with Crippen molar-refractivity contribution < 1.29 is 9.21 Å². The van der Waals surface area contributed by atoms with Gasteiger partial charge in [0.2, 0.25) is 0 Å². The number of amides is 1. The van der Waals surface area contributed by atoms with Crippen LogP contribution in [0.2, 0.25) is 0 Å². The Balaban J connectivity index is 1.77. The molecular formula is C20H23N3O2. The minimum Gasteiger partial charge on any atom is -0.467 e. The van der Waals surface area contributed by atoms with Gasteiger partial charge in [0.05, 0.1) is 12.8 Å². The Morgan fingerprint density at radius 3 is 2.64 bits per heavy atom. The topological polar surface area (TPSA) is 51.3 Å². The zero-order valence-electron chi connectivity index (χ0n) is 14.7. The number of hydrogen-bond donors (Lipinski definition) is 0. The molecule has 5 nitrogen and oxygen atoms in total. The highest BCUT2D eigenvalue weighted by Gasteiger charge is 2.17. The largest absolute Gasteiger partial charge is 0.467 e. The molecule has 25 heavy (non-hydrogen) atoms. The lowest BCUT2D eigenvalue weighted by Crippen LogP contribution is -2.31. The summed E-state index contributed by atoms with van der Waals surface area (Å²) in [5.41, 5.74) is 1.68. The van der Waals surface area contributed by atoms with Gasteiger partial charge in [-0.2, -0.15) is 0 Å². The fourth-order valence-electron chi connectivity index (χ4n) is 2.78. The molecule has 5 heteroatoms. The minimum absolute atomic E-state index is 0.0243. The van der Waals surface area contributed by atoms with Crippen LogP contribution in [0.15, 0.2) is 59.5 Å². The fourth-order valence-corrected chi connectivity index (χ4v) is 2.78. The van der Waals surface area contributed by atoms with Crippen LogP contribution in [0.3, 0.4) is 0 Å². The molecule has 3 rings (SSSR count). The van der Waals surface area contributed by atoms with E-state index in [1.54, 1.807) is 12.5 Å². The lowest BCUT2D eigenvalue weighted by molar-refractivity contribution is 0.0729. The summed E-state index contributed by atoms with van der Waals surface area (Å²) in [5.74, 6) is 1.71. The zero-order valence-corrected chi connectivity index (χ0v) is 14.7. The predicted molar refractivity (Wildman–Crippen MR) is 97.0 cm³/mol. The first kappa shape index (κ1) is 17.0. The van der Waals surface area contributed by atoms with Crippen molar-refractivity contribution in [1.29, 1.82) is 0 Å². The molecule has 0 aliphatic carbocycles. The van der Waals surface area contributed by atoms with Gasteiger partial charge in [-0.25, -0.2) is 4.98 Å². The van der Waals surface area contributed by atoms with E-state index < -0.39 is 0 Å². The van der Waals surface area contributed by atoms with Crippen LogP contribution >= 0.6 is 0 Å². The molecule has 0 aliphatic heterocycles. The van der Waals surface area contributed by atoms with Crippen molar-refractivity contribution in [1.82, 2.24) is 14.5 Å². The van der Waals surface area contributed by atoms with Crippen LogP contribution in [0.25, 0.3) is 11.4 Å². The number of imidazole rings is 1. The van der Waals surface area contributed by atoms with E-state index in [-0.39, 0.29) is 5.91 Å². The van der Waals surface area contributed by atoms with Gasteiger partial charge < -0.3 is 13.9 Å². The second kappa shape index (κ2) is 7.83. The van der Waals surface area contributed by atoms with Crippen molar-refractivity contribution in [2.24, 2.45) is 7.05 Å². The molecule has 2 aromatic heterocycles. The highest BCUT2D eigenvalue weighted by atomic mass is 16.3. The summed E-state index contributed by atoms with van der Waals surface area (Å²) in [5, 5.41) is 0. The maximum Gasteiger partial charge on any atom is 0.254 e. The van der Waals surface area contributed by atoms with E-state index in [2.05, 4.69) is 11.9 Å². The van der Waals surface area contributed by atoms with Crippen molar-refractivity contribution in [3.05, 3.63) is 66.4 Å². The maximum absolute atomic E-state index is 12.9. The van der Waals surface area contributed by atoms with Gasteiger partial charge in [-0.3, -0.25) is 4.79 Å². The first-order valence-corrected chi connectivity index (χ1v) is 8.58. The molecule has 0 atom stereocenters. The molecular weight excluding hydrogens is 314 g/mol. The van der Waals surface area contributed by atoms with Gasteiger partial charge in [0.15, 0.2) is 0 Å². The number of hydrogen-bond acceptors (Lipinski definition) is 3. The Labute approximate surface area is 147 Å². The van der Waals surface area contributed by atoms with Crippen molar-refractivity contribution in [3.63, 3.8) is 0 Å². The predicted octanol–water partition coefficient (Wildman–Crippen LogP) is 4.12. The number of carbonyl (C=O) groups excluding carboxylic acids is 1. The Bertz CT molecular complexity index is 804. The summed E-state index contributed by atoms with van der Waals surface area (Å²) in [6.45, 7) is 3.33. The summed E-state index contributed by atoms with van der Waals surface area (Å²) < 4.78 is 7.37. The minimum atomic E-state index is 0.0243. The number of carbonyl (C=O) groups is 1. The van der Waals surface area contributed by atoms with Gasteiger partial charge in [-0.05, 0) is 30.7 Å². The maximum atomic E-state index is 12.9. The molecule has 0 spiro atoms. The van der Waals surface area contributed by atoms with Crippen LogP contribution in [0.1, 0.15) is 35.9 Å². The molecule has 1 amide bonds. The van der Waals surface area contributed by atoms with Gasteiger partial charge in [0.25, 0.3) is 5.91 Å². The number of rotatable bonds is 7. The van der Waals surface area contributed by atoms with Crippen molar-refractivity contribution in [3.8, 4) is 11.4 Å². The molecule has 0 saturated heterocycles. The lowest BCUT2D eigenvalue weighted by Gasteiger charge is -2.21. The van der Waals surface area contributed by atoms with E-state index in [0.29, 0.717) is 12.1 Å². The molecule has 0 bridgehead atoms. The average molecular weight is 337 g/mol. The van der Waals surface area contributed by atoms with Crippen molar-refractivity contribution in [2.75, 3.05) is 6.54 Å². The standard InChI is InChI=1S/C20H23N3O2/c1-3-4-12-23(15-18-6-5-14-25-18)20(24)17-9-7-16(8-10-17)19-21-11-13-22(19)2/h5-11,13-14H,3-4,12,15H2,1-2H3. The van der Waals surface area contributed by atoms with Gasteiger partial charge in [0, 0.05) is 37.1 Å². The van der Waals surface area contributed by atoms with Crippen LogP contribution in [0, 0.1) is 0 Å². The van der Waals surface area contributed by atoms with Crippen LogP contribution in [0.5, 0.6) is 0 Å². The molecule has 0 N–H and O–H groups in total. The molecule has 0 unspecified atom stereocenters. The van der Waals surface area contributed by atoms with E-state index in [4.69, 9.17) is 4.42 Å². The number of benzene rings is 1. The highest BCUT2D eigenvalue weighted by Crippen LogP contribution is 2.19. The van der Waals surface area contributed by atoms with Crippen molar-refractivity contribution in [2.45, 2.75) is 26.3 Å². The van der Waals surface area contributed by atoms with Gasteiger partial charge in [-0.1, -0.05) is 25.5 Å². The van der Waals surface area contributed by atoms with E-state index >= 15 is 0 Å². The summed E-state index contributed by atoms with van der Waals surface area (Å²) in [4.78, 5) is 19.1. The Hall–Kier alpha value is -2.82. The fraction of sp³-hybridized carbons (Fsp3) is 0.300. The Morgan fingerprint density at radius 1 is 1.24 bits per heavy atom. The molecule has 0 saturated carbocycles. The second-order valence-electron chi connectivity index (χ2n) is 6.10. The highest BCUT2D eigenvalue weighted by molar-refractivity contribution is 5.94. The normalized spacial score (nSPS) is 10.8. The van der Waals surface area contributed by atoms with Gasteiger partial charge >= 0.3 is 0 Å². The van der Waals surface area contributed by atoms with E-state index in [1.165, 1.54) is 0 Å². The van der Waals surface area contributed by atoms with E-state index in [9.17, 15) is 4.79 Å². The lowest BCUT2D eigenvalue weighted by atomic mass is 10.1. The van der Waals surface area contributed by atoms with Crippen LogP contribution in [-0.2, 0) is 13.6 Å². The molecule has 130 valence electrons. The molecule has 0 radical (unpaired) electrons. The van der Waals surface area contributed by atoms with Gasteiger partial charge in [-0.15, -0.1) is 0 Å². The number of aromatic nitrogens is 2. The van der Waals surface area contributed by atoms with Gasteiger partial charge in [0.1, 0.15) is 11.6 Å². The molecule has 3 aromatic rings. The second-order valence-corrected chi connectivity index (χ2v) is 6.10. The SMILES string of the molecule is CCCCN(Cc1ccco1)C(=O)c1ccc(-c2nccn2C)cc1. The Kier molecular flexibility index (Phi) is 5.33.